The molecule has 0 saturated carbocycles. The summed E-state index contributed by atoms with van der Waals surface area (Å²) in [5.41, 5.74) is 4.61. The molecule has 0 saturated heterocycles. The minimum atomic E-state index is -0.468. The van der Waals surface area contributed by atoms with E-state index in [1.54, 1.807) is 36.6 Å². The van der Waals surface area contributed by atoms with E-state index in [1.165, 1.54) is 16.8 Å². The fourth-order valence-electron chi connectivity index (χ4n) is 3.17. The number of rotatable bonds is 6. The van der Waals surface area contributed by atoms with Crippen LogP contribution in [0.4, 0.5) is 5.69 Å². The number of hydrogen-bond donors (Lipinski definition) is 1. The summed E-state index contributed by atoms with van der Waals surface area (Å²) in [6.45, 7) is 4.28. The van der Waals surface area contributed by atoms with E-state index in [0.29, 0.717) is 22.8 Å². The minimum Gasteiger partial charge on any atom is -0.467 e. The highest BCUT2D eigenvalue weighted by atomic mass is 16.6. The van der Waals surface area contributed by atoms with Crippen molar-refractivity contribution < 1.29 is 14.1 Å². The molecule has 1 N–H and O–H groups in total. The molecule has 31 heavy (non-hydrogen) atoms. The molecule has 2 aromatic heterocycles. The maximum atomic E-state index is 13.0. The Kier molecular flexibility index (Phi) is 5.36. The van der Waals surface area contributed by atoms with E-state index < -0.39 is 4.92 Å². The quantitative estimate of drug-likeness (QED) is 0.366. The van der Waals surface area contributed by atoms with E-state index in [1.807, 2.05) is 32.0 Å². The number of amides is 1. The second-order valence-corrected chi connectivity index (χ2v) is 7.16. The van der Waals surface area contributed by atoms with Gasteiger partial charge in [-0.05, 0) is 61.4 Å². The summed E-state index contributed by atoms with van der Waals surface area (Å²) < 4.78 is 6.76. The van der Waals surface area contributed by atoms with Gasteiger partial charge < -0.3 is 9.73 Å². The van der Waals surface area contributed by atoms with Crippen LogP contribution < -0.4 is 5.32 Å². The van der Waals surface area contributed by atoms with Crippen LogP contribution in [0.1, 0.15) is 27.4 Å². The second-order valence-electron chi connectivity index (χ2n) is 7.16. The molecule has 8 nitrogen and oxygen atoms in total. The van der Waals surface area contributed by atoms with E-state index in [0.717, 1.165) is 16.7 Å². The summed E-state index contributed by atoms with van der Waals surface area (Å²) in [5, 5.41) is 18.4. The predicted octanol–water partition coefficient (Wildman–Crippen LogP) is 4.59. The molecule has 0 spiro atoms. The number of non-ortho nitro benzene ring substituents is 1. The van der Waals surface area contributed by atoms with E-state index in [2.05, 4.69) is 10.4 Å². The highest BCUT2D eigenvalue weighted by Crippen LogP contribution is 2.25. The molecule has 4 aromatic rings. The first kappa shape index (κ1) is 20.1. The van der Waals surface area contributed by atoms with Crippen molar-refractivity contribution in [2.45, 2.75) is 20.4 Å². The third-order valence-electron chi connectivity index (χ3n) is 5.05. The lowest BCUT2D eigenvalue weighted by atomic mass is 10.0. The largest absolute Gasteiger partial charge is 0.467 e. The summed E-state index contributed by atoms with van der Waals surface area (Å²) in [7, 11) is 0. The van der Waals surface area contributed by atoms with Crippen LogP contribution in [0.25, 0.3) is 16.9 Å². The first-order valence-electron chi connectivity index (χ1n) is 9.65. The molecule has 0 aliphatic carbocycles. The lowest BCUT2D eigenvalue weighted by Gasteiger charge is -2.07. The fraction of sp³-hybridized carbons (Fsp3) is 0.130. The van der Waals surface area contributed by atoms with Crippen molar-refractivity contribution in [3.63, 3.8) is 0 Å². The van der Waals surface area contributed by atoms with Crippen molar-refractivity contribution in [1.29, 1.82) is 0 Å². The maximum Gasteiger partial charge on any atom is 0.270 e. The fourth-order valence-corrected chi connectivity index (χ4v) is 3.17. The summed E-state index contributed by atoms with van der Waals surface area (Å²) in [6, 6.07) is 17.1. The third kappa shape index (κ3) is 4.23. The smallest absolute Gasteiger partial charge is 0.270 e. The van der Waals surface area contributed by atoms with E-state index in [4.69, 9.17) is 4.42 Å². The number of aryl methyl sites for hydroxylation is 2. The van der Waals surface area contributed by atoms with Crippen molar-refractivity contribution in [3.05, 3.63) is 99.6 Å². The number of furan rings is 1. The van der Waals surface area contributed by atoms with Gasteiger partial charge in [0.25, 0.3) is 11.6 Å². The van der Waals surface area contributed by atoms with Gasteiger partial charge in [-0.15, -0.1) is 0 Å². The highest BCUT2D eigenvalue weighted by Gasteiger charge is 2.19. The Morgan fingerprint density at radius 3 is 2.52 bits per heavy atom. The average Bonchev–Trinajstić information content (AvgIpc) is 3.44. The van der Waals surface area contributed by atoms with Gasteiger partial charge in [0.05, 0.1) is 29.1 Å². The topological polar surface area (TPSA) is 103 Å². The molecule has 2 heterocycles. The van der Waals surface area contributed by atoms with Crippen LogP contribution in [0, 0.1) is 24.0 Å². The molecule has 0 aliphatic rings. The number of nitrogens with zero attached hydrogens (tertiary/aromatic N) is 3. The molecule has 2 aromatic carbocycles. The number of carbonyl (C=O) groups excluding carboxylic acids is 1. The standard InChI is InChI=1S/C23H20N4O4/c1-15-5-6-17(12-16(15)2)21-13-22(23(28)24-14-20-4-3-11-31-20)26(25-21)18-7-9-19(10-8-18)27(29)30/h3-13H,14H2,1-2H3,(H,24,28). The molecule has 0 fully saturated rings. The molecule has 0 unspecified atom stereocenters. The number of nitro benzene ring substituents is 1. The third-order valence-corrected chi connectivity index (χ3v) is 5.05. The number of nitrogens with one attached hydrogen (secondary N) is 1. The SMILES string of the molecule is Cc1ccc(-c2cc(C(=O)NCc3ccco3)n(-c3ccc([N+](=O)[O-])cc3)n2)cc1C. The van der Waals surface area contributed by atoms with Gasteiger partial charge in [-0.2, -0.15) is 5.10 Å². The van der Waals surface area contributed by atoms with Crippen LogP contribution in [-0.4, -0.2) is 20.6 Å². The molecule has 0 atom stereocenters. The summed E-state index contributed by atoms with van der Waals surface area (Å²) in [5.74, 6) is 0.293. The van der Waals surface area contributed by atoms with Crippen LogP contribution in [-0.2, 0) is 6.54 Å². The summed E-state index contributed by atoms with van der Waals surface area (Å²) in [6.07, 6.45) is 1.54. The molecule has 0 bridgehead atoms. The van der Waals surface area contributed by atoms with Crippen LogP contribution in [0.5, 0.6) is 0 Å². The average molecular weight is 416 g/mol. The molecule has 0 radical (unpaired) electrons. The Bertz CT molecular complexity index is 1240. The Hall–Kier alpha value is -4.20. The molecule has 0 aliphatic heterocycles. The Labute approximate surface area is 178 Å². The molecular weight excluding hydrogens is 396 g/mol. The van der Waals surface area contributed by atoms with Crippen molar-refractivity contribution in [3.8, 4) is 16.9 Å². The monoisotopic (exact) mass is 416 g/mol. The first-order chi connectivity index (χ1) is 14.9. The molecule has 8 heteroatoms. The maximum absolute atomic E-state index is 13.0. The van der Waals surface area contributed by atoms with Crippen molar-refractivity contribution >= 4 is 11.6 Å². The van der Waals surface area contributed by atoms with Gasteiger partial charge in [-0.1, -0.05) is 12.1 Å². The zero-order valence-corrected chi connectivity index (χ0v) is 17.0. The number of benzene rings is 2. The van der Waals surface area contributed by atoms with E-state index in [9.17, 15) is 14.9 Å². The van der Waals surface area contributed by atoms with Crippen LogP contribution in [0.15, 0.2) is 71.3 Å². The van der Waals surface area contributed by atoms with E-state index >= 15 is 0 Å². The van der Waals surface area contributed by atoms with Crippen LogP contribution in [0.3, 0.4) is 0 Å². The zero-order valence-electron chi connectivity index (χ0n) is 17.0. The van der Waals surface area contributed by atoms with Gasteiger partial charge in [0.2, 0.25) is 0 Å². The van der Waals surface area contributed by atoms with Crippen molar-refractivity contribution in [1.82, 2.24) is 15.1 Å². The molecule has 4 rings (SSSR count). The predicted molar refractivity (Wildman–Crippen MR) is 115 cm³/mol. The summed E-state index contributed by atoms with van der Waals surface area (Å²) >= 11 is 0. The molecular formula is C23H20N4O4. The van der Waals surface area contributed by atoms with Crippen LogP contribution >= 0.6 is 0 Å². The zero-order chi connectivity index (χ0) is 22.0. The molecule has 1 amide bonds. The number of hydrogen-bond acceptors (Lipinski definition) is 5. The van der Waals surface area contributed by atoms with E-state index in [-0.39, 0.29) is 18.1 Å². The summed E-state index contributed by atoms with van der Waals surface area (Å²) in [4.78, 5) is 23.5. The van der Waals surface area contributed by atoms with Gasteiger partial charge in [-0.25, -0.2) is 4.68 Å². The Balaban J connectivity index is 1.73. The first-order valence-corrected chi connectivity index (χ1v) is 9.65. The minimum absolute atomic E-state index is 0.0332. The Morgan fingerprint density at radius 1 is 1.10 bits per heavy atom. The van der Waals surface area contributed by atoms with Gasteiger partial charge in [0.1, 0.15) is 11.5 Å². The lowest BCUT2D eigenvalue weighted by Crippen LogP contribution is -2.25. The van der Waals surface area contributed by atoms with Gasteiger partial charge in [0.15, 0.2) is 0 Å². The van der Waals surface area contributed by atoms with Crippen LogP contribution in [0.2, 0.25) is 0 Å². The lowest BCUT2D eigenvalue weighted by molar-refractivity contribution is -0.384. The number of aromatic nitrogens is 2. The van der Waals surface area contributed by atoms with Crippen molar-refractivity contribution in [2.75, 3.05) is 0 Å². The normalized spacial score (nSPS) is 10.8. The van der Waals surface area contributed by atoms with Gasteiger partial charge in [0, 0.05) is 17.7 Å². The van der Waals surface area contributed by atoms with Gasteiger partial charge in [-0.3, -0.25) is 14.9 Å². The number of nitro groups is 1. The highest BCUT2D eigenvalue weighted by molar-refractivity contribution is 5.94. The molecule has 156 valence electrons. The Morgan fingerprint density at radius 2 is 1.87 bits per heavy atom. The second kappa shape index (κ2) is 8.27. The number of carbonyl (C=O) groups is 1. The van der Waals surface area contributed by atoms with Crippen molar-refractivity contribution in [2.24, 2.45) is 0 Å². The van der Waals surface area contributed by atoms with Gasteiger partial charge >= 0.3 is 0 Å².